The maximum atomic E-state index is 4.84. The van der Waals surface area contributed by atoms with E-state index >= 15 is 0 Å². The Kier molecular flexibility index (Phi) is 4.07. The van der Waals surface area contributed by atoms with Crippen LogP contribution in [0.1, 0.15) is 31.3 Å². The maximum Gasteiger partial charge on any atom is 0.160 e. The third-order valence-corrected chi connectivity index (χ3v) is 5.44. The average Bonchev–Trinajstić information content (AvgIpc) is 3.42. The van der Waals surface area contributed by atoms with Gasteiger partial charge in [-0.15, -0.1) is 0 Å². The number of pyridine rings is 2. The van der Waals surface area contributed by atoms with Gasteiger partial charge in [0.2, 0.25) is 0 Å². The first kappa shape index (κ1) is 16.9. The molecular formula is C21H23N7. The van der Waals surface area contributed by atoms with Gasteiger partial charge in [0.15, 0.2) is 5.65 Å². The summed E-state index contributed by atoms with van der Waals surface area (Å²) in [5.74, 6) is 2.81. The molecule has 1 fully saturated rings. The molecule has 1 aliphatic heterocycles. The quantitative estimate of drug-likeness (QED) is 0.592. The van der Waals surface area contributed by atoms with Crippen LogP contribution in [0, 0.1) is 6.92 Å². The largest absolute Gasteiger partial charge is 0.354 e. The normalized spacial score (nSPS) is 16.9. The molecule has 4 aromatic rings. The highest BCUT2D eigenvalue weighted by molar-refractivity contribution is 5.77. The number of aromatic nitrogens is 6. The van der Waals surface area contributed by atoms with Gasteiger partial charge < -0.3 is 14.5 Å². The first-order valence-corrected chi connectivity index (χ1v) is 9.74. The SMILES string of the molecule is Cc1nc(Cn2c(-c3ccc(N4CCCC4C)nc3)nc3cccnc32)c[nH]1. The zero-order valence-corrected chi connectivity index (χ0v) is 16.1. The first-order chi connectivity index (χ1) is 13.7. The van der Waals surface area contributed by atoms with Crippen LogP contribution in [0.5, 0.6) is 0 Å². The zero-order chi connectivity index (χ0) is 19.1. The minimum atomic E-state index is 0.551. The number of hydrogen-bond acceptors (Lipinski definition) is 5. The van der Waals surface area contributed by atoms with E-state index in [9.17, 15) is 0 Å². The Labute approximate surface area is 163 Å². The summed E-state index contributed by atoms with van der Waals surface area (Å²) >= 11 is 0. The van der Waals surface area contributed by atoms with Gasteiger partial charge in [-0.05, 0) is 51.0 Å². The van der Waals surface area contributed by atoms with Gasteiger partial charge in [-0.25, -0.2) is 19.9 Å². The highest BCUT2D eigenvalue weighted by Crippen LogP contribution is 2.28. The summed E-state index contributed by atoms with van der Waals surface area (Å²) in [7, 11) is 0. The van der Waals surface area contributed by atoms with Crippen molar-refractivity contribution in [3.63, 3.8) is 0 Å². The lowest BCUT2D eigenvalue weighted by Crippen LogP contribution is -2.26. The van der Waals surface area contributed by atoms with Crippen LogP contribution < -0.4 is 4.90 Å². The van der Waals surface area contributed by atoms with E-state index < -0.39 is 0 Å². The Hall–Kier alpha value is -3.22. The van der Waals surface area contributed by atoms with E-state index in [0.717, 1.165) is 46.4 Å². The van der Waals surface area contributed by atoms with E-state index in [1.54, 1.807) is 6.20 Å². The number of aromatic amines is 1. The van der Waals surface area contributed by atoms with Crippen molar-refractivity contribution < 1.29 is 0 Å². The van der Waals surface area contributed by atoms with Gasteiger partial charge in [0.05, 0.1) is 12.2 Å². The third kappa shape index (κ3) is 2.93. The van der Waals surface area contributed by atoms with E-state index in [1.807, 2.05) is 31.5 Å². The average molecular weight is 373 g/mol. The van der Waals surface area contributed by atoms with Crippen LogP contribution in [-0.4, -0.2) is 42.1 Å². The number of imidazole rings is 2. The molecule has 0 bridgehead atoms. The molecule has 1 atom stereocenters. The molecule has 1 N–H and O–H groups in total. The molecule has 0 aromatic carbocycles. The molecule has 1 aliphatic rings. The number of nitrogens with zero attached hydrogens (tertiary/aromatic N) is 6. The van der Waals surface area contributed by atoms with Crippen molar-refractivity contribution in [1.29, 1.82) is 0 Å². The number of anilines is 1. The second kappa shape index (κ2) is 6.74. The van der Waals surface area contributed by atoms with Crippen molar-refractivity contribution in [2.24, 2.45) is 0 Å². The summed E-state index contributed by atoms with van der Waals surface area (Å²) in [5.41, 5.74) is 3.68. The van der Waals surface area contributed by atoms with E-state index in [1.165, 1.54) is 12.8 Å². The molecule has 28 heavy (non-hydrogen) atoms. The molecule has 1 unspecified atom stereocenters. The monoisotopic (exact) mass is 373 g/mol. The molecule has 0 aliphatic carbocycles. The molecule has 0 amide bonds. The van der Waals surface area contributed by atoms with Gasteiger partial charge in [0.25, 0.3) is 0 Å². The van der Waals surface area contributed by atoms with E-state index in [4.69, 9.17) is 9.97 Å². The fraction of sp³-hybridized carbons (Fsp3) is 0.333. The summed E-state index contributed by atoms with van der Waals surface area (Å²) in [6.07, 6.45) is 8.12. The van der Waals surface area contributed by atoms with E-state index in [2.05, 4.69) is 43.5 Å². The highest BCUT2D eigenvalue weighted by atomic mass is 15.2. The van der Waals surface area contributed by atoms with Crippen LogP contribution in [0.3, 0.4) is 0 Å². The Morgan fingerprint density at radius 1 is 1.18 bits per heavy atom. The lowest BCUT2D eigenvalue weighted by Gasteiger charge is -2.22. The first-order valence-electron chi connectivity index (χ1n) is 9.74. The molecule has 7 heteroatoms. The second-order valence-corrected chi connectivity index (χ2v) is 7.43. The van der Waals surface area contributed by atoms with Crippen molar-refractivity contribution in [2.45, 2.75) is 39.3 Å². The Balaban J connectivity index is 1.55. The molecule has 1 saturated heterocycles. The number of rotatable bonds is 4. The van der Waals surface area contributed by atoms with Crippen molar-refractivity contribution in [1.82, 2.24) is 29.5 Å². The maximum absolute atomic E-state index is 4.84. The molecule has 0 radical (unpaired) electrons. The zero-order valence-electron chi connectivity index (χ0n) is 16.1. The summed E-state index contributed by atoms with van der Waals surface area (Å²) in [5, 5.41) is 0. The van der Waals surface area contributed by atoms with E-state index in [0.29, 0.717) is 12.6 Å². The van der Waals surface area contributed by atoms with Gasteiger partial charge in [0, 0.05) is 36.7 Å². The van der Waals surface area contributed by atoms with Crippen LogP contribution in [-0.2, 0) is 6.54 Å². The standard InChI is InChI=1S/C21H23N7/c1-14-5-4-10-27(14)19-8-7-16(11-24-19)20-26-18-6-3-9-22-21(18)28(20)13-17-12-23-15(2)25-17/h3,6-9,11-12,14H,4-5,10,13H2,1-2H3,(H,23,25). The van der Waals surface area contributed by atoms with Crippen molar-refractivity contribution in [3.05, 3.63) is 54.4 Å². The molecule has 0 spiro atoms. The summed E-state index contributed by atoms with van der Waals surface area (Å²) < 4.78 is 2.11. The minimum Gasteiger partial charge on any atom is -0.354 e. The van der Waals surface area contributed by atoms with Gasteiger partial charge in [-0.3, -0.25) is 0 Å². The molecule has 5 rings (SSSR count). The number of nitrogens with one attached hydrogen (secondary N) is 1. The summed E-state index contributed by atoms with van der Waals surface area (Å²) in [6.45, 7) is 5.91. The number of hydrogen-bond donors (Lipinski definition) is 1. The topological polar surface area (TPSA) is 75.5 Å². The molecular weight excluding hydrogens is 350 g/mol. The fourth-order valence-corrected chi connectivity index (χ4v) is 4.00. The predicted molar refractivity (Wildman–Crippen MR) is 109 cm³/mol. The van der Waals surface area contributed by atoms with Gasteiger partial charge in [0.1, 0.15) is 23.0 Å². The van der Waals surface area contributed by atoms with Crippen LogP contribution in [0.2, 0.25) is 0 Å². The lowest BCUT2D eigenvalue weighted by atomic mass is 10.2. The molecule has 5 heterocycles. The third-order valence-electron chi connectivity index (χ3n) is 5.44. The smallest absolute Gasteiger partial charge is 0.160 e. The van der Waals surface area contributed by atoms with Gasteiger partial charge in [-0.2, -0.15) is 0 Å². The molecule has 0 saturated carbocycles. The fourth-order valence-electron chi connectivity index (χ4n) is 4.00. The lowest BCUT2D eigenvalue weighted by molar-refractivity contribution is 0.727. The van der Waals surface area contributed by atoms with Crippen LogP contribution in [0.15, 0.2) is 42.9 Å². The van der Waals surface area contributed by atoms with Crippen molar-refractivity contribution in [3.8, 4) is 11.4 Å². The van der Waals surface area contributed by atoms with Crippen molar-refractivity contribution >= 4 is 17.0 Å². The molecule has 7 nitrogen and oxygen atoms in total. The van der Waals surface area contributed by atoms with Crippen LogP contribution in [0.25, 0.3) is 22.6 Å². The Morgan fingerprint density at radius 3 is 2.82 bits per heavy atom. The van der Waals surface area contributed by atoms with Gasteiger partial charge >= 0.3 is 0 Å². The summed E-state index contributed by atoms with van der Waals surface area (Å²) in [6, 6.07) is 8.67. The molecule has 142 valence electrons. The van der Waals surface area contributed by atoms with Gasteiger partial charge in [-0.1, -0.05) is 0 Å². The number of aryl methyl sites for hydroxylation is 1. The predicted octanol–water partition coefficient (Wildman–Crippen LogP) is 3.56. The number of H-pyrrole nitrogens is 1. The highest BCUT2D eigenvalue weighted by Gasteiger charge is 2.22. The molecule has 4 aromatic heterocycles. The Bertz CT molecular complexity index is 1110. The number of fused-ring (bicyclic) bond motifs is 1. The van der Waals surface area contributed by atoms with Crippen LogP contribution in [0.4, 0.5) is 5.82 Å². The Morgan fingerprint density at radius 2 is 2.11 bits per heavy atom. The second-order valence-electron chi connectivity index (χ2n) is 7.43. The van der Waals surface area contributed by atoms with E-state index in [-0.39, 0.29) is 0 Å². The van der Waals surface area contributed by atoms with Crippen LogP contribution >= 0.6 is 0 Å². The summed E-state index contributed by atoms with van der Waals surface area (Å²) in [4.78, 5) is 24.2. The van der Waals surface area contributed by atoms with Crippen molar-refractivity contribution in [2.75, 3.05) is 11.4 Å². The minimum absolute atomic E-state index is 0.551.